The number of benzene rings is 1. The molecule has 0 aromatic heterocycles. The lowest BCUT2D eigenvalue weighted by molar-refractivity contribution is -0.141. The predicted octanol–water partition coefficient (Wildman–Crippen LogP) is 2.71. The van der Waals surface area contributed by atoms with Gasteiger partial charge in [-0.3, -0.25) is 9.59 Å². The molecule has 0 saturated carbocycles. The Bertz CT molecular complexity index is 889. The monoisotopic (exact) mass is 440 g/mol. The summed E-state index contributed by atoms with van der Waals surface area (Å²) in [5, 5.41) is 0. The molecule has 0 aliphatic carbocycles. The van der Waals surface area contributed by atoms with Gasteiger partial charge in [0.15, 0.2) is 0 Å². The molecule has 2 spiro atoms. The van der Waals surface area contributed by atoms with Crippen LogP contribution in [0.5, 0.6) is 0 Å². The molecule has 0 radical (unpaired) electrons. The van der Waals surface area contributed by atoms with Crippen LogP contribution in [0.3, 0.4) is 0 Å². The Hall–Kier alpha value is -2.57. The van der Waals surface area contributed by atoms with Crippen LogP contribution in [-0.4, -0.2) is 90.8 Å². The average Bonchev–Trinajstić information content (AvgIpc) is 3.31. The van der Waals surface area contributed by atoms with Crippen LogP contribution in [0.1, 0.15) is 49.0 Å². The molecule has 1 aromatic carbocycles. The van der Waals surface area contributed by atoms with Crippen molar-refractivity contribution in [2.24, 2.45) is 10.8 Å². The molecule has 3 aliphatic heterocycles. The second-order valence-electron chi connectivity index (χ2n) is 9.87. The van der Waals surface area contributed by atoms with Gasteiger partial charge in [-0.25, -0.2) is 4.79 Å². The highest BCUT2D eigenvalue weighted by Gasteiger charge is 2.66. The van der Waals surface area contributed by atoms with E-state index >= 15 is 0 Å². The summed E-state index contributed by atoms with van der Waals surface area (Å²) < 4.78 is 0. The Balaban J connectivity index is 1.55. The maximum Gasteiger partial charge on any atom is 0.319 e. The van der Waals surface area contributed by atoms with Crippen molar-refractivity contribution in [3.05, 3.63) is 35.4 Å². The van der Waals surface area contributed by atoms with Crippen molar-refractivity contribution in [2.45, 2.75) is 39.5 Å². The minimum absolute atomic E-state index is 0.0291. The second-order valence-corrected chi connectivity index (χ2v) is 9.87. The fraction of sp³-hybridized carbons (Fsp3) is 0.640. The first-order chi connectivity index (χ1) is 15.3. The molecule has 7 heteroatoms. The molecule has 7 nitrogen and oxygen atoms in total. The zero-order valence-corrected chi connectivity index (χ0v) is 19.9. The van der Waals surface area contributed by atoms with Gasteiger partial charge in [-0.15, -0.1) is 0 Å². The lowest BCUT2D eigenvalue weighted by Gasteiger charge is -2.46. The first-order valence-electron chi connectivity index (χ1n) is 11.9. The van der Waals surface area contributed by atoms with E-state index in [4.69, 9.17) is 0 Å². The molecule has 1 atom stereocenters. The summed E-state index contributed by atoms with van der Waals surface area (Å²) in [5.74, 6) is 0.257. The fourth-order valence-electron chi connectivity index (χ4n) is 6.10. The summed E-state index contributed by atoms with van der Waals surface area (Å²) in [5.41, 5.74) is 1.16. The molecule has 3 saturated heterocycles. The minimum atomic E-state index is -0.521. The third-order valence-electron chi connectivity index (χ3n) is 8.13. The summed E-state index contributed by atoms with van der Waals surface area (Å²) in [4.78, 5) is 46.9. The van der Waals surface area contributed by atoms with Crippen LogP contribution in [-0.2, 0) is 11.2 Å². The molecule has 0 bridgehead atoms. The largest absolute Gasteiger partial charge is 0.342 e. The van der Waals surface area contributed by atoms with Gasteiger partial charge in [0, 0.05) is 64.3 Å². The van der Waals surface area contributed by atoms with E-state index in [1.165, 1.54) is 5.56 Å². The predicted molar refractivity (Wildman–Crippen MR) is 123 cm³/mol. The highest BCUT2D eigenvalue weighted by molar-refractivity contribution is 5.94. The van der Waals surface area contributed by atoms with E-state index in [1.54, 1.807) is 19.0 Å². The van der Waals surface area contributed by atoms with Gasteiger partial charge in [-0.1, -0.05) is 19.1 Å². The van der Waals surface area contributed by atoms with Gasteiger partial charge in [0.1, 0.15) is 0 Å². The third kappa shape index (κ3) is 3.46. The third-order valence-corrected chi connectivity index (χ3v) is 8.13. The number of amides is 4. The molecule has 0 unspecified atom stereocenters. The van der Waals surface area contributed by atoms with Crippen LogP contribution in [0, 0.1) is 10.8 Å². The molecule has 32 heavy (non-hydrogen) atoms. The number of carbonyl (C=O) groups excluding carboxylic acids is 3. The van der Waals surface area contributed by atoms with Crippen molar-refractivity contribution in [3.8, 4) is 0 Å². The van der Waals surface area contributed by atoms with E-state index in [1.807, 2.05) is 45.9 Å². The van der Waals surface area contributed by atoms with Crippen molar-refractivity contribution >= 4 is 17.8 Å². The number of carbonyl (C=O) groups is 3. The molecular weight excluding hydrogens is 404 g/mol. The Kier molecular flexibility index (Phi) is 5.94. The standard InChI is InChI=1S/C25H36N4O3/c1-5-19-7-9-20(10-8-19)21(30)28-14-11-24(12-15-28)17-29(23(32)26(3)4)18-25(24)13-16-27(6-2)22(25)31/h7-10H,5-6,11-18H2,1-4H3/t25-/m1/s1. The van der Waals surface area contributed by atoms with Gasteiger partial charge in [0.05, 0.1) is 5.41 Å². The zero-order chi connectivity index (χ0) is 23.1. The lowest BCUT2D eigenvalue weighted by atomic mass is 9.60. The normalized spacial score (nSPS) is 24.6. The van der Waals surface area contributed by atoms with Crippen LogP contribution in [0.4, 0.5) is 4.79 Å². The van der Waals surface area contributed by atoms with Crippen LogP contribution in [0.15, 0.2) is 24.3 Å². The first kappa shape index (κ1) is 22.6. The maximum atomic E-state index is 13.6. The number of hydrogen-bond donors (Lipinski definition) is 0. The number of nitrogens with zero attached hydrogens (tertiary/aromatic N) is 4. The summed E-state index contributed by atoms with van der Waals surface area (Å²) in [6.45, 7) is 7.93. The van der Waals surface area contributed by atoms with Crippen molar-refractivity contribution in [2.75, 3.05) is 53.4 Å². The Morgan fingerprint density at radius 2 is 1.59 bits per heavy atom. The topological polar surface area (TPSA) is 64.2 Å². The summed E-state index contributed by atoms with van der Waals surface area (Å²) in [6.07, 6.45) is 3.26. The van der Waals surface area contributed by atoms with E-state index in [0.717, 1.165) is 37.8 Å². The number of urea groups is 1. The SMILES string of the molecule is CCc1ccc(C(=O)N2CCC3(CC2)CN(C(=O)N(C)C)C[C@@]32CCN(CC)C2=O)cc1. The smallest absolute Gasteiger partial charge is 0.319 e. The number of hydrogen-bond acceptors (Lipinski definition) is 3. The molecule has 3 heterocycles. The quantitative estimate of drug-likeness (QED) is 0.726. The molecular formula is C25H36N4O3. The summed E-state index contributed by atoms with van der Waals surface area (Å²) in [7, 11) is 3.53. The van der Waals surface area contributed by atoms with Gasteiger partial charge in [0.2, 0.25) is 5.91 Å². The fourth-order valence-corrected chi connectivity index (χ4v) is 6.10. The number of fused-ring (bicyclic) bond motifs is 1. The molecule has 3 fully saturated rings. The molecule has 3 aliphatic rings. The van der Waals surface area contributed by atoms with Crippen molar-refractivity contribution in [1.29, 1.82) is 0 Å². The lowest BCUT2D eigenvalue weighted by Crippen LogP contribution is -2.53. The van der Waals surface area contributed by atoms with Gasteiger partial charge >= 0.3 is 6.03 Å². The van der Waals surface area contributed by atoms with Gasteiger partial charge < -0.3 is 19.6 Å². The Morgan fingerprint density at radius 1 is 0.938 bits per heavy atom. The maximum absolute atomic E-state index is 13.6. The molecule has 4 amide bonds. The molecule has 4 rings (SSSR count). The van der Waals surface area contributed by atoms with Gasteiger partial charge in [-0.05, 0) is 50.3 Å². The van der Waals surface area contributed by atoms with E-state index in [0.29, 0.717) is 32.7 Å². The van der Waals surface area contributed by atoms with Gasteiger partial charge in [0.25, 0.3) is 5.91 Å². The van der Waals surface area contributed by atoms with Crippen LogP contribution < -0.4 is 0 Å². The van der Waals surface area contributed by atoms with Crippen molar-refractivity contribution in [1.82, 2.24) is 19.6 Å². The minimum Gasteiger partial charge on any atom is -0.342 e. The zero-order valence-electron chi connectivity index (χ0n) is 19.9. The molecule has 1 aromatic rings. The highest BCUT2D eigenvalue weighted by Crippen LogP contribution is 2.58. The van der Waals surface area contributed by atoms with Crippen LogP contribution in [0.2, 0.25) is 0 Å². The first-order valence-corrected chi connectivity index (χ1v) is 11.9. The number of aryl methyl sites for hydroxylation is 1. The number of likely N-dealkylation sites (tertiary alicyclic amines) is 3. The van der Waals surface area contributed by atoms with Crippen molar-refractivity contribution in [3.63, 3.8) is 0 Å². The summed E-state index contributed by atoms with van der Waals surface area (Å²) >= 11 is 0. The van der Waals surface area contributed by atoms with Crippen LogP contribution in [0.25, 0.3) is 0 Å². The number of piperidine rings is 1. The average molecular weight is 441 g/mol. The summed E-state index contributed by atoms with van der Waals surface area (Å²) in [6, 6.07) is 7.84. The highest BCUT2D eigenvalue weighted by atomic mass is 16.2. The van der Waals surface area contributed by atoms with Crippen molar-refractivity contribution < 1.29 is 14.4 Å². The molecule has 174 valence electrons. The Morgan fingerprint density at radius 3 is 2.12 bits per heavy atom. The van der Waals surface area contributed by atoms with Gasteiger partial charge in [-0.2, -0.15) is 0 Å². The van der Waals surface area contributed by atoms with E-state index in [9.17, 15) is 14.4 Å². The van der Waals surface area contributed by atoms with E-state index in [-0.39, 0.29) is 23.3 Å². The number of rotatable bonds is 3. The Labute approximate surface area is 191 Å². The van der Waals surface area contributed by atoms with Crippen LogP contribution >= 0.6 is 0 Å². The second kappa shape index (κ2) is 8.41. The molecule has 0 N–H and O–H groups in total. The van der Waals surface area contributed by atoms with E-state index < -0.39 is 5.41 Å². The van der Waals surface area contributed by atoms with E-state index in [2.05, 4.69) is 6.92 Å².